The van der Waals surface area contributed by atoms with Gasteiger partial charge in [0.05, 0.1) is 6.04 Å². The van der Waals surface area contributed by atoms with Gasteiger partial charge in [0.25, 0.3) is 6.01 Å². The van der Waals surface area contributed by atoms with Crippen LogP contribution in [0.15, 0.2) is 46.9 Å². The Balaban J connectivity index is 1.79. The van der Waals surface area contributed by atoms with Crippen molar-refractivity contribution < 1.29 is 13.2 Å². The van der Waals surface area contributed by atoms with E-state index in [0.717, 1.165) is 5.56 Å². The van der Waals surface area contributed by atoms with Crippen LogP contribution >= 0.6 is 0 Å². The Labute approximate surface area is 132 Å². The van der Waals surface area contributed by atoms with Gasteiger partial charge in [0.1, 0.15) is 11.3 Å². The standard InChI is InChI=1S/C17H17F2N3O/c1-22(2)14(11-5-3-6-12(18)9-11)10-20-17-21-16-13(19)7-4-8-15(16)23-17/h3-9,14H,10H2,1-2H3,(H,20,21)/t14-/m0/s1. The first-order chi connectivity index (χ1) is 11.0. The van der Waals surface area contributed by atoms with Crippen LogP contribution in [-0.2, 0) is 0 Å². The van der Waals surface area contributed by atoms with Gasteiger partial charge in [0, 0.05) is 6.54 Å². The molecule has 1 aromatic heterocycles. The summed E-state index contributed by atoms with van der Waals surface area (Å²) in [7, 11) is 3.81. The summed E-state index contributed by atoms with van der Waals surface area (Å²) in [6.07, 6.45) is 0. The number of rotatable bonds is 5. The van der Waals surface area contributed by atoms with Crippen LogP contribution in [0.5, 0.6) is 0 Å². The van der Waals surface area contributed by atoms with Gasteiger partial charge >= 0.3 is 0 Å². The zero-order valence-corrected chi connectivity index (χ0v) is 12.9. The molecule has 0 unspecified atom stereocenters. The summed E-state index contributed by atoms with van der Waals surface area (Å²) in [5.74, 6) is -0.702. The second-order valence-corrected chi connectivity index (χ2v) is 5.52. The van der Waals surface area contributed by atoms with Gasteiger partial charge in [-0.25, -0.2) is 8.78 Å². The first kappa shape index (κ1) is 15.4. The van der Waals surface area contributed by atoms with E-state index in [1.807, 2.05) is 25.1 Å². The lowest BCUT2D eigenvalue weighted by atomic mass is 10.1. The van der Waals surface area contributed by atoms with Gasteiger partial charge in [-0.3, -0.25) is 0 Å². The van der Waals surface area contributed by atoms with Crippen LogP contribution in [0.1, 0.15) is 11.6 Å². The lowest BCUT2D eigenvalue weighted by molar-refractivity contribution is 0.309. The highest BCUT2D eigenvalue weighted by Gasteiger charge is 2.16. The van der Waals surface area contributed by atoms with E-state index in [1.54, 1.807) is 18.2 Å². The Morgan fingerprint density at radius 1 is 1.17 bits per heavy atom. The summed E-state index contributed by atoms with van der Waals surface area (Å²) in [6, 6.07) is 11.2. The predicted octanol–water partition coefficient (Wildman–Crippen LogP) is 3.82. The molecule has 0 bridgehead atoms. The van der Waals surface area contributed by atoms with Gasteiger partial charge in [-0.05, 0) is 43.9 Å². The molecule has 0 amide bonds. The highest BCUT2D eigenvalue weighted by atomic mass is 19.1. The Kier molecular flexibility index (Phi) is 4.25. The number of halogens is 2. The molecule has 0 saturated heterocycles. The van der Waals surface area contributed by atoms with Crippen molar-refractivity contribution in [2.24, 2.45) is 0 Å². The topological polar surface area (TPSA) is 41.3 Å². The average Bonchev–Trinajstić information content (AvgIpc) is 2.92. The molecule has 120 valence electrons. The Morgan fingerprint density at radius 3 is 2.65 bits per heavy atom. The van der Waals surface area contributed by atoms with Gasteiger partial charge in [0.2, 0.25) is 0 Å². The molecule has 6 heteroatoms. The molecule has 0 aliphatic carbocycles. The fourth-order valence-electron chi connectivity index (χ4n) is 2.49. The van der Waals surface area contributed by atoms with E-state index in [4.69, 9.17) is 4.42 Å². The van der Waals surface area contributed by atoms with Crippen molar-refractivity contribution in [1.82, 2.24) is 9.88 Å². The van der Waals surface area contributed by atoms with E-state index >= 15 is 0 Å². The monoisotopic (exact) mass is 317 g/mol. The van der Waals surface area contributed by atoms with Gasteiger partial charge in [-0.1, -0.05) is 18.2 Å². The summed E-state index contributed by atoms with van der Waals surface area (Å²) in [6.45, 7) is 0.449. The number of oxazole rings is 1. The Morgan fingerprint density at radius 2 is 1.96 bits per heavy atom. The maximum Gasteiger partial charge on any atom is 0.295 e. The number of nitrogens with one attached hydrogen (secondary N) is 1. The Hall–Kier alpha value is -2.47. The van der Waals surface area contributed by atoms with Gasteiger partial charge in [-0.2, -0.15) is 4.98 Å². The number of para-hydroxylation sites is 1. The molecule has 1 N–H and O–H groups in total. The molecule has 3 aromatic rings. The fraction of sp³-hybridized carbons (Fsp3) is 0.235. The number of fused-ring (bicyclic) bond motifs is 1. The summed E-state index contributed by atoms with van der Waals surface area (Å²) >= 11 is 0. The molecule has 23 heavy (non-hydrogen) atoms. The smallest absolute Gasteiger partial charge is 0.295 e. The van der Waals surface area contributed by atoms with Crippen LogP contribution < -0.4 is 5.32 Å². The number of benzene rings is 2. The Bertz CT molecular complexity index is 816. The van der Waals surface area contributed by atoms with Crippen LogP contribution in [0.3, 0.4) is 0 Å². The third-order valence-electron chi connectivity index (χ3n) is 3.67. The minimum Gasteiger partial charge on any atom is -0.423 e. The molecule has 2 aromatic carbocycles. The van der Waals surface area contributed by atoms with Crippen LogP contribution in [0, 0.1) is 11.6 Å². The normalized spacial score (nSPS) is 12.7. The number of hydrogen-bond acceptors (Lipinski definition) is 4. The van der Waals surface area contributed by atoms with Crippen molar-refractivity contribution in [3.8, 4) is 0 Å². The molecule has 0 fully saturated rings. The van der Waals surface area contributed by atoms with Crippen LogP contribution in [-0.4, -0.2) is 30.5 Å². The lowest BCUT2D eigenvalue weighted by Gasteiger charge is -2.24. The van der Waals surface area contributed by atoms with Gasteiger partial charge in [-0.15, -0.1) is 0 Å². The third-order valence-corrected chi connectivity index (χ3v) is 3.67. The van der Waals surface area contributed by atoms with Crippen molar-refractivity contribution in [3.63, 3.8) is 0 Å². The number of nitrogens with zero attached hydrogens (tertiary/aromatic N) is 2. The second kappa shape index (κ2) is 6.34. The highest BCUT2D eigenvalue weighted by molar-refractivity contribution is 5.74. The average molecular weight is 317 g/mol. The molecule has 0 radical (unpaired) electrons. The summed E-state index contributed by atoms with van der Waals surface area (Å²) in [5, 5.41) is 3.05. The molecule has 1 atom stereocenters. The van der Waals surface area contributed by atoms with Crippen molar-refractivity contribution in [3.05, 3.63) is 59.7 Å². The largest absolute Gasteiger partial charge is 0.423 e. The third kappa shape index (κ3) is 3.32. The molecule has 1 heterocycles. The zero-order valence-electron chi connectivity index (χ0n) is 12.9. The molecule has 0 aliphatic rings. The minimum absolute atomic E-state index is 0.0782. The maximum absolute atomic E-state index is 13.6. The lowest BCUT2D eigenvalue weighted by Crippen LogP contribution is -2.27. The molecule has 0 aliphatic heterocycles. The van der Waals surface area contributed by atoms with E-state index in [1.165, 1.54) is 18.2 Å². The fourth-order valence-corrected chi connectivity index (χ4v) is 2.49. The summed E-state index contributed by atoms with van der Waals surface area (Å²) < 4.78 is 32.5. The molecule has 4 nitrogen and oxygen atoms in total. The van der Waals surface area contributed by atoms with Gasteiger partial charge < -0.3 is 14.6 Å². The van der Waals surface area contributed by atoms with E-state index < -0.39 is 5.82 Å². The number of aromatic nitrogens is 1. The van der Waals surface area contributed by atoms with Crippen molar-refractivity contribution in [2.45, 2.75) is 6.04 Å². The molecule has 0 saturated carbocycles. The molecular weight excluding hydrogens is 300 g/mol. The predicted molar refractivity (Wildman–Crippen MR) is 85.3 cm³/mol. The van der Waals surface area contributed by atoms with Crippen LogP contribution in [0.25, 0.3) is 11.1 Å². The second-order valence-electron chi connectivity index (χ2n) is 5.52. The molecule has 3 rings (SSSR count). The van der Waals surface area contributed by atoms with Crippen LogP contribution in [0.2, 0.25) is 0 Å². The minimum atomic E-state index is -0.423. The highest BCUT2D eigenvalue weighted by Crippen LogP contribution is 2.23. The van der Waals surface area contributed by atoms with Gasteiger partial charge in [0.15, 0.2) is 11.4 Å². The number of likely N-dealkylation sites (N-methyl/N-ethyl adjacent to an activating group) is 1. The van der Waals surface area contributed by atoms with Crippen molar-refractivity contribution in [2.75, 3.05) is 26.0 Å². The van der Waals surface area contributed by atoms with Crippen molar-refractivity contribution in [1.29, 1.82) is 0 Å². The zero-order chi connectivity index (χ0) is 16.4. The molecular formula is C17H17F2N3O. The maximum atomic E-state index is 13.6. The van der Waals surface area contributed by atoms with Crippen molar-refractivity contribution >= 4 is 17.1 Å². The molecule has 0 spiro atoms. The summed E-state index contributed by atoms with van der Waals surface area (Å²) in [5.41, 5.74) is 1.42. The van der Waals surface area contributed by atoms with E-state index in [2.05, 4.69) is 10.3 Å². The van der Waals surface area contributed by atoms with E-state index in [0.29, 0.717) is 12.1 Å². The number of hydrogen-bond donors (Lipinski definition) is 1. The SMILES string of the molecule is CN(C)[C@@H](CNc1nc2c(F)cccc2o1)c1cccc(F)c1. The van der Waals surface area contributed by atoms with E-state index in [-0.39, 0.29) is 23.4 Å². The van der Waals surface area contributed by atoms with Crippen LogP contribution in [0.4, 0.5) is 14.8 Å². The number of anilines is 1. The first-order valence-electron chi connectivity index (χ1n) is 7.25. The summed E-state index contributed by atoms with van der Waals surface area (Å²) in [4.78, 5) is 6.07. The quantitative estimate of drug-likeness (QED) is 0.777. The first-order valence-corrected chi connectivity index (χ1v) is 7.25. The van der Waals surface area contributed by atoms with E-state index in [9.17, 15) is 8.78 Å².